The zero-order chi connectivity index (χ0) is 20.1. The smallest absolute Gasteiger partial charge is 0.274 e. The van der Waals surface area contributed by atoms with Gasteiger partial charge in [-0.05, 0) is 51.9 Å². The van der Waals surface area contributed by atoms with E-state index < -0.39 is 0 Å². The molecule has 28 heavy (non-hydrogen) atoms. The summed E-state index contributed by atoms with van der Waals surface area (Å²) >= 11 is 0. The summed E-state index contributed by atoms with van der Waals surface area (Å²) in [5.41, 5.74) is 3.14. The van der Waals surface area contributed by atoms with E-state index in [2.05, 4.69) is 23.8 Å². The summed E-state index contributed by atoms with van der Waals surface area (Å²) in [6.07, 6.45) is 9.88. The molecule has 2 aliphatic rings. The molecule has 0 saturated heterocycles. The van der Waals surface area contributed by atoms with E-state index >= 15 is 0 Å². The predicted molar refractivity (Wildman–Crippen MR) is 112 cm³/mol. The fourth-order valence-electron chi connectivity index (χ4n) is 4.57. The number of rotatable bonds is 8. The number of hydrogen-bond acceptors (Lipinski definition) is 4. The van der Waals surface area contributed by atoms with E-state index in [0.29, 0.717) is 17.7 Å². The Morgan fingerprint density at radius 2 is 2.00 bits per heavy atom. The van der Waals surface area contributed by atoms with Gasteiger partial charge in [0.1, 0.15) is 0 Å². The number of carbonyl (C=O) groups is 1. The van der Waals surface area contributed by atoms with Gasteiger partial charge in [-0.2, -0.15) is 5.10 Å². The Balaban J connectivity index is 1.71. The maximum absolute atomic E-state index is 12.8. The highest BCUT2D eigenvalue weighted by Crippen LogP contribution is 2.29. The van der Waals surface area contributed by atoms with Gasteiger partial charge in [0.2, 0.25) is 0 Å². The van der Waals surface area contributed by atoms with Gasteiger partial charge in [0.15, 0.2) is 5.69 Å². The molecule has 1 aromatic rings. The maximum Gasteiger partial charge on any atom is 0.274 e. The molecule has 0 aliphatic heterocycles. The molecule has 6 nitrogen and oxygen atoms in total. The Morgan fingerprint density at radius 1 is 1.25 bits per heavy atom. The molecule has 1 saturated carbocycles. The maximum atomic E-state index is 12.8. The number of ether oxygens (including phenoxy) is 1. The van der Waals surface area contributed by atoms with Crippen LogP contribution < -0.4 is 5.32 Å². The lowest BCUT2D eigenvalue weighted by atomic mass is 9.88. The highest BCUT2D eigenvalue weighted by atomic mass is 16.5. The van der Waals surface area contributed by atoms with Gasteiger partial charge in [0.25, 0.3) is 5.91 Å². The molecule has 0 radical (unpaired) electrons. The molecule has 0 aromatic carbocycles. The van der Waals surface area contributed by atoms with Crippen LogP contribution in [0.2, 0.25) is 0 Å². The summed E-state index contributed by atoms with van der Waals surface area (Å²) in [5.74, 6) is 0.742. The molecule has 1 amide bonds. The van der Waals surface area contributed by atoms with Crippen molar-refractivity contribution >= 4 is 5.91 Å². The van der Waals surface area contributed by atoms with Crippen molar-refractivity contribution in [3.8, 4) is 0 Å². The highest BCUT2D eigenvalue weighted by Gasteiger charge is 2.30. The van der Waals surface area contributed by atoms with Gasteiger partial charge in [0, 0.05) is 44.5 Å². The van der Waals surface area contributed by atoms with Gasteiger partial charge in [-0.3, -0.25) is 9.48 Å². The van der Waals surface area contributed by atoms with Gasteiger partial charge in [-0.25, -0.2) is 0 Å². The van der Waals surface area contributed by atoms with E-state index in [-0.39, 0.29) is 12.0 Å². The summed E-state index contributed by atoms with van der Waals surface area (Å²) < 4.78 is 7.83. The molecule has 0 unspecified atom stereocenters. The Kier molecular flexibility index (Phi) is 7.52. The Hall–Kier alpha value is -1.40. The van der Waals surface area contributed by atoms with Gasteiger partial charge < -0.3 is 15.0 Å². The SMILES string of the molecule is CC(C)OCCN[C@@H]1CCc2c(c(C(=O)N(C)C)nn2CC2CCCCC2)C1. The van der Waals surface area contributed by atoms with Gasteiger partial charge in [-0.15, -0.1) is 0 Å². The molecule has 0 spiro atoms. The summed E-state index contributed by atoms with van der Waals surface area (Å²) in [6, 6.07) is 0.393. The van der Waals surface area contributed by atoms with E-state index in [1.807, 2.05) is 14.1 Å². The standard InChI is InChI=1S/C22H38N4O2/c1-16(2)28-13-12-23-18-10-11-20-19(14-18)21(22(27)25(3)4)24-26(20)15-17-8-6-5-7-9-17/h16-18,23H,5-15H2,1-4H3/t18-/m1/s1. The number of nitrogens with one attached hydrogen (secondary N) is 1. The average Bonchev–Trinajstić information content (AvgIpc) is 3.03. The monoisotopic (exact) mass is 390 g/mol. The van der Waals surface area contributed by atoms with E-state index in [4.69, 9.17) is 9.84 Å². The molecule has 1 N–H and O–H groups in total. The number of carbonyl (C=O) groups excluding carboxylic acids is 1. The fourth-order valence-corrected chi connectivity index (χ4v) is 4.57. The molecule has 1 heterocycles. The summed E-state index contributed by atoms with van der Waals surface area (Å²) in [6.45, 7) is 6.68. The fraction of sp³-hybridized carbons (Fsp3) is 0.818. The van der Waals surface area contributed by atoms with Gasteiger partial charge in [-0.1, -0.05) is 19.3 Å². The van der Waals surface area contributed by atoms with Gasteiger partial charge in [0.05, 0.1) is 12.7 Å². The van der Waals surface area contributed by atoms with Crippen LogP contribution in [0.3, 0.4) is 0 Å². The third kappa shape index (κ3) is 5.35. The van der Waals surface area contributed by atoms with Crippen LogP contribution in [0.4, 0.5) is 0 Å². The van der Waals surface area contributed by atoms with Crippen LogP contribution in [0, 0.1) is 5.92 Å². The van der Waals surface area contributed by atoms with Crippen molar-refractivity contribution in [3.63, 3.8) is 0 Å². The van der Waals surface area contributed by atoms with Crippen LogP contribution >= 0.6 is 0 Å². The average molecular weight is 391 g/mol. The lowest BCUT2D eigenvalue weighted by Crippen LogP contribution is -2.37. The quantitative estimate of drug-likeness (QED) is 0.693. The number of hydrogen-bond donors (Lipinski definition) is 1. The normalized spacial score (nSPS) is 20.4. The second-order valence-electron chi connectivity index (χ2n) is 8.97. The summed E-state index contributed by atoms with van der Waals surface area (Å²) in [5, 5.41) is 8.45. The molecule has 158 valence electrons. The molecule has 1 aromatic heterocycles. The third-order valence-corrected chi connectivity index (χ3v) is 6.10. The van der Waals surface area contributed by atoms with Crippen LogP contribution in [0.25, 0.3) is 0 Å². The first-order chi connectivity index (χ1) is 13.5. The zero-order valence-corrected chi connectivity index (χ0v) is 18.2. The first-order valence-electron chi connectivity index (χ1n) is 11.1. The highest BCUT2D eigenvalue weighted by molar-refractivity contribution is 5.93. The first kappa shape index (κ1) is 21.3. The number of aromatic nitrogens is 2. The molecule has 1 fully saturated rings. The molecular formula is C22H38N4O2. The minimum Gasteiger partial charge on any atom is -0.377 e. The lowest BCUT2D eigenvalue weighted by molar-refractivity contribution is 0.0787. The van der Waals surface area contributed by atoms with Crippen LogP contribution in [-0.4, -0.2) is 60.0 Å². The topological polar surface area (TPSA) is 59.4 Å². The summed E-state index contributed by atoms with van der Waals surface area (Å²) in [4.78, 5) is 14.4. The van der Waals surface area contributed by atoms with Crippen molar-refractivity contribution in [3.05, 3.63) is 17.0 Å². The lowest BCUT2D eigenvalue weighted by Gasteiger charge is -2.26. The van der Waals surface area contributed by atoms with E-state index in [0.717, 1.165) is 39.0 Å². The second kappa shape index (κ2) is 9.88. The van der Waals surface area contributed by atoms with Crippen LogP contribution in [0.5, 0.6) is 0 Å². The van der Waals surface area contributed by atoms with E-state index in [1.54, 1.807) is 4.90 Å². The predicted octanol–water partition coefficient (Wildman–Crippen LogP) is 3.04. The van der Waals surface area contributed by atoms with Crippen molar-refractivity contribution < 1.29 is 9.53 Å². The Morgan fingerprint density at radius 3 is 2.68 bits per heavy atom. The van der Waals surface area contributed by atoms with Crippen molar-refractivity contribution in [2.75, 3.05) is 27.2 Å². The van der Waals surface area contributed by atoms with Crippen molar-refractivity contribution in [1.29, 1.82) is 0 Å². The second-order valence-corrected chi connectivity index (χ2v) is 8.97. The molecule has 0 bridgehead atoms. The minimum absolute atomic E-state index is 0.0300. The molecule has 3 rings (SSSR count). The first-order valence-corrected chi connectivity index (χ1v) is 11.1. The Bertz CT molecular complexity index is 647. The minimum atomic E-state index is 0.0300. The number of fused-ring (bicyclic) bond motifs is 1. The molecule has 6 heteroatoms. The third-order valence-electron chi connectivity index (χ3n) is 6.10. The molecule has 2 aliphatic carbocycles. The zero-order valence-electron chi connectivity index (χ0n) is 18.2. The van der Waals surface area contributed by atoms with Gasteiger partial charge >= 0.3 is 0 Å². The van der Waals surface area contributed by atoms with E-state index in [9.17, 15) is 4.79 Å². The van der Waals surface area contributed by atoms with Crippen molar-refractivity contribution in [2.45, 2.75) is 83.9 Å². The van der Waals surface area contributed by atoms with Crippen molar-refractivity contribution in [2.24, 2.45) is 5.92 Å². The Labute approximate surface area is 170 Å². The van der Waals surface area contributed by atoms with E-state index in [1.165, 1.54) is 43.4 Å². The molecule has 1 atom stereocenters. The number of nitrogens with zero attached hydrogens (tertiary/aromatic N) is 3. The van der Waals surface area contributed by atoms with Crippen LogP contribution in [-0.2, 0) is 24.1 Å². The summed E-state index contributed by atoms with van der Waals surface area (Å²) in [7, 11) is 3.63. The van der Waals surface area contributed by atoms with Crippen molar-refractivity contribution in [1.82, 2.24) is 20.0 Å². The van der Waals surface area contributed by atoms with Crippen LogP contribution in [0.1, 0.15) is 74.1 Å². The largest absolute Gasteiger partial charge is 0.377 e. The molecular weight excluding hydrogens is 352 g/mol. The van der Waals surface area contributed by atoms with Crippen LogP contribution in [0.15, 0.2) is 0 Å². The number of amides is 1.